The summed E-state index contributed by atoms with van der Waals surface area (Å²) in [6, 6.07) is 3.69. The van der Waals surface area contributed by atoms with Gasteiger partial charge in [0.2, 0.25) is 0 Å². The molecule has 0 saturated heterocycles. The van der Waals surface area contributed by atoms with Crippen molar-refractivity contribution < 1.29 is 9.15 Å². The molecule has 5 heteroatoms. The Labute approximate surface area is 124 Å². The van der Waals surface area contributed by atoms with Crippen molar-refractivity contribution in [3.05, 3.63) is 47.1 Å². The molecule has 1 N–H and O–H groups in total. The summed E-state index contributed by atoms with van der Waals surface area (Å²) in [5.74, 6) is 2.08. The van der Waals surface area contributed by atoms with E-state index in [0.717, 1.165) is 24.4 Å². The SMILES string of the molecule is CC(C)CNCc1ccoc1COc1cncc(Cl)c1. The molecule has 0 saturated carbocycles. The van der Waals surface area contributed by atoms with E-state index in [-0.39, 0.29) is 0 Å². The number of pyridine rings is 1. The molecule has 0 aromatic carbocycles. The lowest BCUT2D eigenvalue weighted by Crippen LogP contribution is -2.19. The summed E-state index contributed by atoms with van der Waals surface area (Å²) < 4.78 is 11.1. The lowest BCUT2D eigenvalue weighted by atomic mass is 10.2. The van der Waals surface area contributed by atoms with Gasteiger partial charge in [0, 0.05) is 24.4 Å². The molecule has 2 rings (SSSR count). The highest BCUT2D eigenvalue weighted by molar-refractivity contribution is 6.30. The van der Waals surface area contributed by atoms with Crippen LogP contribution in [-0.2, 0) is 13.2 Å². The van der Waals surface area contributed by atoms with Gasteiger partial charge in [0.05, 0.1) is 17.5 Å². The van der Waals surface area contributed by atoms with Crippen molar-refractivity contribution >= 4 is 11.6 Å². The van der Waals surface area contributed by atoms with E-state index < -0.39 is 0 Å². The summed E-state index contributed by atoms with van der Waals surface area (Å²) in [6.07, 6.45) is 4.88. The van der Waals surface area contributed by atoms with Crippen LogP contribution >= 0.6 is 11.6 Å². The molecular weight excluding hydrogens is 276 g/mol. The Morgan fingerprint density at radius 2 is 2.25 bits per heavy atom. The van der Waals surface area contributed by atoms with Crippen molar-refractivity contribution in [1.82, 2.24) is 10.3 Å². The molecule has 0 aliphatic heterocycles. The Kier molecular flexibility index (Phi) is 5.44. The van der Waals surface area contributed by atoms with E-state index >= 15 is 0 Å². The van der Waals surface area contributed by atoms with Crippen molar-refractivity contribution in [3.8, 4) is 5.75 Å². The van der Waals surface area contributed by atoms with E-state index in [9.17, 15) is 0 Å². The van der Waals surface area contributed by atoms with Gasteiger partial charge in [-0.05, 0) is 18.5 Å². The summed E-state index contributed by atoms with van der Waals surface area (Å²) in [5, 5.41) is 3.94. The summed E-state index contributed by atoms with van der Waals surface area (Å²) >= 11 is 5.86. The van der Waals surface area contributed by atoms with Gasteiger partial charge in [-0.15, -0.1) is 0 Å². The average molecular weight is 295 g/mol. The first kappa shape index (κ1) is 14.9. The van der Waals surface area contributed by atoms with E-state index in [2.05, 4.69) is 24.1 Å². The molecule has 0 unspecified atom stereocenters. The maximum absolute atomic E-state index is 5.86. The molecule has 0 spiro atoms. The molecule has 4 nitrogen and oxygen atoms in total. The quantitative estimate of drug-likeness (QED) is 0.847. The van der Waals surface area contributed by atoms with Gasteiger partial charge in [-0.25, -0.2) is 0 Å². The van der Waals surface area contributed by atoms with Gasteiger partial charge in [-0.3, -0.25) is 4.98 Å². The molecule has 108 valence electrons. The van der Waals surface area contributed by atoms with E-state index in [0.29, 0.717) is 23.3 Å². The molecule has 2 aromatic heterocycles. The molecular formula is C15H19ClN2O2. The van der Waals surface area contributed by atoms with Crippen LogP contribution < -0.4 is 10.1 Å². The highest BCUT2D eigenvalue weighted by Crippen LogP contribution is 2.18. The van der Waals surface area contributed by atoms with Crippen LogP contribution in [0, 0.1) is 5.92 Å². The smallest absolute Gasteiger partial charge is 0.146 e. The lowest BCUT2D eigenvalue weighted by molar-refractivity contribution is 0.267. The van der Waals surface area contributed by atoms with E-state index in [1.165, 1.54) is 0 Å². The van der Waals surface area contributed by atoms with Gasteiger partial charge >= 0.3 is 0 Å². The van der Waals surface area contributed by atoms with E-state index in [1.807, 2.05) is 6.07 Å². The number of furan rings is 1. The molecule has 0 aliphatic carbocycles. The second-order valence-corrected chi connectivity index (χ2v) is 5.46. The van der Waals surface area contributed by atoms with Gasteiger partial charge < -0.3 is 14.5 Å². The van der Waals surface area contributed by atoms with E-state index in [1.54, 1.807) is 24.7 Å². The maximum Gasteiger partial charge on any atom is 0.146 e. The number of nitrogens with one attached hydrogen (secondary N) is 1. The minimum absolute atomic E-state index is 0.369. The number of aromatic nitrogens is 1. The fourth-order valence-corrected chi connectivity index (χ4v) is 1.93. The molecule has 0 atom stereocenters. The highest BCUT2D eigenvalue weighted by Gasteiger charge is 2.07. The van der Waals surface area contributed by atoms with Gasteiger partial charge in [-0.1, -0.05) is 25.4 Å². The maximum atomic E-state index is 5.86. The first-order valence-electron chi connectivity index (χ1n) is 6.64. The molecule has 0 bridgehead atoms. The largest absolute Gasteiger partial charge is 0.484 e. The van der Waals surface area contributed by atoms with E-state index in [4.69, 9.17) is 20.8 Å². The van der Waals surface area contributed by atoms with Crippen molar-refractivity contribution in [3.63, 3.8) is 0 Å². The molecule has 0 amide bonds. The molecule has 0 fully saturated rings. The van der Waals surface area contributed by atoms with Gasteiger partial charge in [0.25, 0.3) is 0 Å². The van der Waals surface area contributed by atoms with Gasteiger partial charge in [-0.2, -0.15) is 0 Å². The van der Waals surface area contributed by atoms with Crippen LogP contribution in [0.3, 0.4) is 0 Å². The van der Waals surface area contributed by atoms with Crippen LogP contribution in [-0.4, -0.2) is 11.5 Å². The minimum Gasteiger partial charge on any atom is -0.484 e. The number of halogens is 1. The molecule has 2 heterocycles. The topological polar surface area (TPSA) is 47.3 Å². The zero-order valence-corrected chi connectivity index (χ0v) is 12.5. The van der Waals surface area contributed by atoms with Gasteiger partial charge in [0.15, 0.2) is 0 Å². The zero-order valence-electron chi connectivity index (χ0n) is 11.7. The number of hydrogen-bond donors (Lipinski definition) is 1. The summed E-state index contributed by atoms with van der Waals surface area (Å²) in [7, 11) is 0. The van der Waals surface area contributed by atoms with Crippen molar-refractivity contribution in [2.75, 3.05) is 6.54 Å². The van der Waals surface area contributed by atoms with Crippen molar-refractivity contribution in [1.29, 1.82) is 0 Å². The Hall–Kier alpha value is -1.52. The normalized spacial score (nSPS) is 11.0. The molecule has 2 aromatic rings. The monoisotopic (exact) mass is 294 g/mol. The molecule has 0 aliphatic rings. The van der Waals surface area contributed by atoms with Crippen LogP contribution in [0.5, 0.6) is 5.75 Å². The predicted octanol–water partition coefficient (Wildman–Crippen LogP) is 3.65. The van der Waals surface area contributed by atoms with Gasteiger partial charge in [0.1, 0.15) is 18.1 Å². The van der Waals surface area contributed by atoms with Crippen LogP contribution in [0.25, 0.3) is 0 Å². The number of nitrogens with zero attached hydrogens (tertiary/aromatic N) is 1. The summed E-state index contributed by atoms with van der Waals surface area (Å²) in [5.41, 5.74) is 1.11. The number of hydrogen-bond acceptors (Lipinski definition) is 4. The molecule has 0 radical (unpaired) electrons. The van der Waals surface area contributed by atoms with Crippen LogP contribution in [0.15, 0.2) is 35.2 Å². The highest BCUT2D eigenvalue weighted by atomic mass is 35.5. The Bertz CT molecular complexity index is 540. The standard InChI is InChI=1S/C15H19ClN2O2/c1-11(2)6-17-7-12-3-4-19-15(12)10-20-14-5-13(16)8-18-9-14/h3-5,8-9,11,17H,6-7,10H2,1-2H3. The fraction of sp³-hybridized carbons (Fsp3) is 0.400. The fourth-order valence-electron chi connectivity index (χ4n) is 1.77. The summed E-state index contributed by atoms with van der Waals surface area (Å²) in [6.45, 7) is 6.48. The number of ether oxygens (including phenoxy) is 1. The average Bonchev–Trinajstić information content (AvgIpc) is 2.84. The summed E-state index contributed by atoms with van der Waals surface area (Å²) in [4.78, 5) is 3.98. The first-order valence-corrected chi connectivity index (χ1v) is 7.02. The van der Waals surface area contributed by atoms with Crippen molar-refractivity contribution in [2.24, 2.45) is 5.92 Å². The Morgan fingerprint density at radius 3 is 3.00 bits per heavy atom. The Morgan fingerprint density at radius 1 is 1.40 bits per heavy atom. The Balaban J connectivity index is 1.88. The van der Waals surface area contributed by atoms with Crippen LogP contribution in [0.2, 0.25) is 5.02 Å². The minimum atomic E-state index is 0.369. The predicted molar refractivity (Wildman–Crippen MR) is 78.8 cm³/mol. The first-order chi connectivity index (χ1) is 9.65. The third kappa shape index (κ3) is 4.54. The third-order valence-corrected chi connectivity index (χ3v) is 2.96. The second kappa shape index (κ2) is 7.31. The van der Waals surface area contributed by atoms with Crippen LogP contribution in [0.4, 0.5) is 0 Å². The van der Waals surface area contributed by atoms with Crippen LogP contribution in [0.1, 0.15) is 25.2 Å². The zero-order chi connectivity index (χ0) is 14.4. The second-order valence-electron chi connectivity index (χ2n) is 5.02. The van der Waals surface area contributed by atoms with Crippen molar-refractivity contribution in [2.45, 2.75) is 27.0 Å². The third-order valence-electron chi connectivity index (χ3n) is 2.76. The molecule has 20 heavy (non-hydrogen) atoms. The number of rotatable bonds is 7. The lowest BCUT2D eigenvalue weighted by Gasteiger charge is -2.08.